The predicted molar refractivity (Wildman–Crippen MR) is 113 cm³/mol. The fraction of sp³-hybridized carbons (Fsp3) is 0.364. The van der Waals surface area contributed by atoms with Gasteiger partial charge in [-0.3, -0.25) is 9.59 Å². The molecule has 0 saturated heterocycles. The second kappa shape index (κ2) is 9.11. The van der Waals surface area contributed by atoms with Crippen molar-refractivity contribution < 1.29 is 9.59 Å². The van der Waals surface area contributed by atoms with Gasteiger partial charge >= 0.3 is 0 Å². The second-order valence-corrected chi connectivity index (χ2v) is 7.56. The van der Waals surface area contributed by atoms with Crippen LogP contribution in [0.4, 0.5) is 5.69 Å². The summed E-state index contributed by atoms with van der Waals surface area (Å²) < 4.78 is 0. The Labute approximate surface area is 170 Å². The van der Waals surface area contributed by atoms with Gasteiger partial charge in [0.15, 0.2) is 0 Å². The number of aryl methyl sites for hydroxylation is 2. The van der Waals surface area contributed by atoms with E-state index in [0.717, 1.165) is 18.4 Å². The van der Waals surface area contributed by atoms with Crippen molar-refractivity contribution in [1.82, 2.24) is 10.6 Å². The van der Waals surface area contributed by atoms with E-state index in [1.54, 1.807) is 25.2 Å². The Balaban J connectivity index is 1.55. The molecule has 2 aromatic rings. The fourth-order valence-corrected chi connectivity index (χ4v) is 3.79. The van der Waals surface area contributed by atoms with E-state index in [2.05, 4.69) is 34.1 Å². The number of rotatable bonds is 6. The molecule has 148 valence electrons. The Morgan fingerprint density at radius 1 is 1.07 bits per heavy atom. The van der Waals surface area contributed by atoms with E-state index in [-0.39, 0.29) is 24.4 Å². The van der Waals surface area contributed by atoms with E-state index < -0.39 is 0 Å². The number of carbonyl (C=O) groups excluding carboxylic acids is 2. The molecule has 6 heteroatoms. The summed E-state index contributed by atoms with van der Waals surface area (Å²) in [5.74, 6) is -0.343. The number of amides is 2. The van der Waals surface area contributed by atoms with E-state index in [0.29, 0.717) is 16.3 Å². The van der Waals surface area contributed by atoms with E-state index >= 15 is 0 Å². The van der Waals surface area contributed by atoms with Crippen LogP contribution in [0.25, 0.3) is 0 Å². The third-order valence-electron chi connectivity index (χ3n) is 5.14. The van der Waals surface area contributed by atoms with Crippen LogP contribution in [0.2, 0.25) is 5.02 Å². The highest BCUT2D eigenvalue weighted by Gasteiger charge is 2.14. The third-order valence-corrected chi connectivity index (χ3v) is 5.46. The minimum absolute atomic E-state index is 0.0549. The molecule has 28 heavy (non-hydrogen) atoms. The van der Waals surface area contributed by atoms with Gasteiger partial charge in [-0.05, 0) is 67.5 Å². The highest BCUT2D eigenvalue weighted by molar-refractivity contribution is 6.34. The number of hydrogen-bond donors (Lipinski definition) is 3. The number of halogens is 1. The number of nitrogens with one attached hydrogen (secondary N) is 3. The van der Waals surface area contributed by atoms with Crippen LogP contribution in [0.3, 0.4) is 0 Å². The first-order valence-electron chi connectivity index (χ1n) is 9.64. The van der Waals surface area contributed by atoms with Gasteiger partial charge in [-0.2, -0.15) is 0 Å². The van der Waals surface area contributed by atoms with Gasteiger partial charge in [0, 0.05) is 12.7 Å². The largest absolute Gasteiger partial charge is 0.376 e. The average Bonchev–Trinajstić information content (AvgIpc) is 2.71. The molecule has 3 N–H and O–H groups in total. The Kier molecular flexibility index (Phi) is 6.57. The minimum atomic E-state index is -0.242. The zero-order valence-electron chi connectivity index (χ0n) is 16.3. The molecule has 0 spiro atoms. The smallest absolute Gasteiger partial charge is 0.252 e. The Bertz CT molecular complexity index is 882. The van der Waals surface area contributed by atoms with Crippen LogP contribution in [-0.4, -0.2) is 25.4 Å². The Morgan fingerprint density at radius 2 is 1.82 bits per heavy atom. The van der Waals surface area contributed by atoms with Crippen LogP contribution < -0.4 is 16.0 Å². The first-order valence-corrected chi connectivity index (χ1v) is 10.0. The molecular weight excluding hydrogens is 374 g/mol. The molecule has 1 aliphatic rings. The molecular formula is C22H26ClN3O2. The average molecular weight is 400 g/mol. The monoisotopic (exact) mass is 399 g/mol. The molecule has 0 fully saturated rings. The molecule has 1 atom stereocenters. The maximum atomic E-state index is 12.3. The van der Waals surface area contributed by atoms with Gasteiger partial charge in [-0.25, -0.2) is 0 Å². The van der Waals surface area contributed by atoms with Crippen molar-refractivity contribution in [3.8, 4) is 0 Å². The summed E-state index contributed by atoms with van der Waals surface area (Å²) in [7, 11) is 1.55. The lowest BCUT2D eigenvalue weighted by Gasteiger charge is -2.20. The van der Waals surface area contributed by atoms with Crippen molar-refractivity contribution in [2.24, 2.45) is 0 Å². The first kappa shape index (κ1) is 20.2. The lowest BCUT2D eigenvalue weighted by molar-refractivity contribution is -0.120. The van der Waals surface area contributed by atoms with Crippen molar-refractivity contribution in [2.75, 3.05) is 18.9 Å². The van der Waals surface area contributed by atoms with Gasteiger partial charge in [0.25, 0.3) is 5.91 Å². The van der Waals surface area contributed by atoms with Gasteiger partial charge in [-0.15, -0.1) is 0 Å². The van der Waals surface area contributed by atoms with Gasteiger partial charge in [0.2, 0.25) is 5.91 Å². The number of carbonyl (C=O) groups is 2. The number of hydrogen-bond acceptors (Lipinski definition) is 3. The molecule has 5 nitrogen and oxygen atoms in total. The van der Waals surface area contributed by atoms with Crippen molar-refractivity contribution >= 4 is 29.1 Å². The zero-order chi connectivity index (χ0) is 20.1. The second-order valence-electron chi connectivity index (χ2n) is 7.15. The molecule has 0 aromatic heterocycles. The van der Waals surface area contributed by atoms with Crippen molar-refractivity contribution in [1.29, 1.82) is 0 Å². The summed E-state index contributed by atoms with van der Waals surface area (Å²) >= 11 is 6.14. The molecule has 0 heterocycles. The van der Waals surface area contributed by atoms with E-state index in [1.165, 1.54) is 24.0 Å². The summed E-state index contributed by atoms with van der Waals surface area (Å²) in [6.45, 7) is 2.13. The van der Waals surface area contributed by atoms with Gasteiger partial charge in [0.05, 0.1) is 23.2 Å². The lowest BCUT2D eigenvalue weighted by Crippen LogP contribution is -2.32. The standard InChI is InChI=1S/C22H26ClN3O2/c1-14(16-8-7-15-5-3-4-6-17(15)11-16)26-21(27)13-25-18-9-10-19(20(23)12-18)22(28)24-2/h7-12,14,25H,3-6,13H2,1-2H3,(H,24,28)(H,26,27). The Hall–Kier alpha value is -2.53. The van der Waals surface area contributed by atoms with Crippen LogP contribution in [0.1, 0.15) is 52.9 Å². The molecule has 1 aliphatic carbocycles. The summed E-state index contributed by atoms with van der Waals surface area (Å²) in [6.07, 6.45) is 4.78. The lowest BCUT2D eigenvalue weighted by atomic mass is 9.89. The normalized spacial score (nSPS) is 14.0. The van der Waals surface area contributed by atoms with Crippen LogP contribution >= 0.6 is 11.6 Å². The van der Waals surface area contributed by atoms with Crippen LogP contribution in [0, 0.1) is 0 Å². The molecule has 0 saturated carbocycles. The number of fused-ring (bicyclic) bond motifs is 1. The molecule has 3 rings (SSSR count). The molecule has 2 amide bonds. The fourth-order valence-electron chi connectivity index (χ4n) is 3.52. The number of benzene rings is 2. The van der Waals surface area contributed by atoms with E-state index in [4.69, 9.17) is 11.6 Å². The molecule has 0 aliphatic heterocycles. The van der Waals surface area contributed by atoms with Crippen LogP contribution in [-0.2, 0) is 17.6 Å². The summed E-state index contributed by atoms with van der Waals surface area (Å²) in [6, 6.07) is 11.5. The Morgan fingerprint density at radius 3 is 2.54 bits per heavy atom. The van der Waals surface area contributed by atoms with Crippen molar-refractivity contribution in [2.45, 2.75) is 38.6 Å². The maximum Gasteiger partial charge on any atom is 0.252 e. The summed E-state index contributed by atoms with van der Waals surface area (Å²) in [5, 5.41) is 8.96. The van der Waals surface area contributed by atoms with E-state index in [1.807, 2.05) is 6.92 Å². The highest BCUT2D eigenvalue weighted by atomic mass is 35.5. The SMILES string of the molecule is CNC(=O)c1ccc(NCC(=O)NC(C)c2ccc3c(c2)CCCC3)cc1Cl. The van der Waals surface area contributed by atoms with Crippen LogP contribution in [0.15, 0.2) is 36.4 Å². The highest BCUT2D eigenvalue weighted by Crippen LogP contribution is 2.25. The van der Waals surface area contributed by atoms with Gasteiger partial charge in [-0.1, -0.05) is 29.8 Å². The van der Waals surface area contributed by atoms with Crippen LogP contribution in [0.5, 0.6) is 0 Å². The summed E-state index contributed by atoms with van der Waals surface area (Å²) in [5.41, 5.74) is 5.07. The molecule has 2 aromatic carbocycles. The predicted octanol–water partition coefficient (Wildman–Crippen LogP) is 3.87. The van der Waals surface area contributed by atoms with E-state index in [9.17, 15) is 9.59 Å². The third kappa shape index (κ3) is 4.84. The first-order chi connectivity index (χ1) is 13.5. The zero-order valence-corrected chi connectivity index (χ0v) is 17.0. The summed E-state index contributed by atoms with van der Waals surface area (Å²) in [4.78, 5) is 24.0. The van der Waals surface area contributed by atoms with Gasteiger partial charge in [0.1, 0.15) is 0 Å². The molecule has 1 unspecified atom stereocenters. The minimum Gasteiger partial charge on any atom is -0.376 e. The molecule has 0 bridgehead atoms. The maximum absolute atomic E-state index is 12.3. The molecule has 0 radical (unpaired) electrons. The van der Waals surface area contributed by atoms with Gasteiger partial charge < -0.3 is 16.0 Å². The topological polar surface area (TPSA) is 70.2 Å². The number of anilines is 1. The quantitative estimate of drug-likeness (QED) is 0.690. The van der Waals surface area contributed by atoms with Crippen molar-refractivity contribution in [3.63, 3.8) is 0 Å². The van der Waals surface area contributed by atoms with Crippen molar-refractivity contribution in [3.05, 3.63) is 63.7 Å².